The predicted molar refractivity (Wildman–Crippen MR) is 66.1 cm³/mol. The number of aryl methyl sites for hydroxylation is 1. The lowest BCUT2D eigenvalue weighted by Crippen LogP contribution is -1.85. The van der Waals surface area contributed by atoms with E-state index in [1.165, 1.54) is 12.1 Å². The number of hydrogen-bond donors (Lipinski definition) is 1. The van der Waals surface area contributed by atoms with Crippen molar-refractivity contribution in [3.8, 4) is 11.4 Å². The van der Waals surface area contributed by atoms with Crippen LogP contribution in [0.25, 0.3) is 22.4 Å². The molecule has 2 nitrogen and oxygen atoms in total. The molecule has 96 valence electrons. The average Bonchev–Trinajstić information content (AvgIpc) is 2.71. The first kappa shape index (κ1) is 11.8. The monoisotopic (exact) mass is 262 g/mol. The van der Waals surface area contributed by atoms with Crippen molar-refractivity contribution in [3.05, 3.63) is 53.3 Å². The Balaban J connectivity index is 2.23. The minimum absolute atomic E-state index is 0.0401. The van der Waals surface area contributed by atoms with E-state index in [0.717, 1.165) is 17.7 Å². The molecule has 0 fully saturated rings. The lowest BCUT2D eigenvalue weighted by Gasteiger charge is -1.99. The third kappa shape index (κ3) is 2.07. The summed E-state index contributed by atoms with van der Waals surface area (Å²) in [5.41, 5.74) is 1.50. The minimum atomic E-state index is -0.745. The molecular weight excluding hydrogens is 253 g/mol. The fourth-order valence-electron chi connectivity index (χ4n) is 2.05. The Hall–Kier alpha value is -2.30. The fraction of sp³-hybridized carbons (Fsp3) is 0.0714. The van der Waals surface area contributed by atoms with Gasteiger partial charge in [-0.3, -0.25) is 0 Å². The summed E-state index contributed by atoms with van der Waals surface area (Å²) in [6, 6.07) is 6.31. The van der Waals surface area contributed by atoms with Crippen molar-refractivity contribution in [2.45, 2.75) is 6.92 Å². The molecule has 0 radical (unpaired) electrons. The highest BCUT2D eigenvalue weighted by Gasteiger charge is 2.11. The molecule has 0 saturated carbocycles. The summed E-state index contributed by atoms with van der Waals surface area (Å²) in [4.78, 5) is 6.83. The van der Waals surface area contributed by atoms with Crippen LogP contribution >= 0.6 is 0 Å². The Morgan fingerprint density at radius 3 is 2.42 bits per heavy atom. The maximum atomic E-state index is 13.5. The largest absolute Gasteiger partial charge is 0.338 e. The molecule has 0 aliphatic rings. The van der Waals surface area contributed by atoms with Gasteiger partial charge in [0.1, 0.15) is 23.0 Å². The van der Waals surface area contributed by atoms with Crippen LogP contribution in [0.3, 0.4) is 0 Å². The first-order valence-corrected chi connectivity index (χ1v) is 5.65. The number of nitrogens with zero attached hydrogens (tertiary/aromatic N) is 1. The second kappa shape index (κ2) is 4.12. The lowest BCUT2D eigenvalue weighted by atomic mass is 10.1. The normalized spacial score (nSPS) is 11.2. The average molecular weight is 262 g/mol. The number of rotatable bonds is 1. The minimum Gasteiger partial charge on any atom is -0.338 e. The van der Waals surface area contributed by atoms with Crippen molar-refractivity contribution in [2.75, 3.05) is 0 Å². The van der Waals surface area contributed by atoms with Gasteiger partial charge in [0.15, 0.2) is 5.82 Å². The van der Waals surface area contributed by atoms with Crippen LogP contribution < -0.4 is 0 Å². The molecule has 2 aromatic carbocycles. The van der Waals surface area contributed by atoms with E-state index in [2.05, 4.69) is 9.97 Å². The Morgan fingerprint density at radius 1 is 0.947 bits per heavy atom. The van der Waals surface area contributed by atoms with Crippen molar-refractivity contribution < 1.29 is 13.2 Å². The van der Waals surface area contributed by atoms with Gasteiger partial charge in [-0.2, -0.15) is 0 Å². The van der Waals surface area contributed by atoms with E-state index >= 15 is 0 Å². The van der Waals surface area contributed by atoms with Crippen molar-refractivity contribution in [1.82, 2.24) is 9.97 Å². The molecule has 1 aromatic heterocycles. The van der Waals surface area contributed by atoms with Gasteiger partial charge < -0.3 is 4.98 Å². The molecule has 19 heavy (non-hydrogen) atoms. The van der Waals surface area contributed by atoms with E-state index in [4.69, 9.17) is 0 Å². The standard InChI is InChI=1S/C14H9F3N2/c1-7-2-8(4-9(15)3-7)14-18-12-6-10(16)5-11(17)13(12)19-14/h2-6H,1H3,(H,18,19). The number of fused-ring (bicyclic) bond motifs is 1. The number of imidazole rings is 1. The summed E-state index contributed by atoms with van der Waals surface area (Å²) in [5, 5.41) is 0. The van der Waals surface area contributed by atoms with Gasteiger partial charge in [0.05, 0.1) is 5.52 Å². The Morgan fingerprint density at radius 2 is 1.68 bits per heavy atom. The number of benzene rings is 2. The zero-order chi connectivity index (χ0) is 13.6. The highest BCUT2D eigenvalue weighted by molar-refractivity contribution is 5.80. The Bertz CT molecular complexity index is 757. The highest BCUT2D eigenvalue weighted by Crippen LogP contribution is 2.24. The maximum absolute atomic E-state index is 13.5. The molecule has 1 N–H and O–H groups in total. The summed E-state index contributed by atoms with van der Waals surface area (Å²) in [6.45, 7) is 1.75. The number of aromatic nitrogens is 2. The second-order valence-electron chi connectivity index (χ2n) is 4.39. The van der Waals surface area contributed by atoms with Gasteiger partial charge in [-0.05, 0) is 36.8 Å². The topological polar surface area (TPSA) is 28.7 Å². The first-order chi connectivity index (χ1) is 9.02. The summed E-state index contributed by atoms with van der Waals surface area (Å²) in [6.07, 6.45) is 0. The molecule has 0 unspecified atom stereocenters. The highest BCUT2D eigenvalue weighted by atomic mass is 19.1. The number of halogens is 3. The van der Waals surface area contributed by atoms with Gasteiger partial charge in [-0.1, -0.05) is 0 Å². The van der Waals surface area contributed by atoms with E-state index in [0.29, 0.717) is 11.4 Å². The van der Waals surface area contributed by atoms with Crippen LogP contribution in [0, 0.1) is 24.4 Å². The van der Waals surface area contributed by atoms with Crippen molar-refractivity contribution in [2.24, 2.45) is 0 Å². The Kier molecular flexibility index (Phi) is 2.55. The van der Waals surface area contributed by atoms with Gasteiger partial charge in [0, 0.05) is 11.6 Å². The van der Waals surface area contributed by atoms with Crippen LogP contribution in [-0.4, -0.2) is 9.97 Å². The zero-order valence-corrected chi connectivity index (χ0v) is 9.97. The smallest absolute Gasteiger partial charge is 0.153 e. The van der Waals surface area contributed by atoms with Gasteiger partial charge in [-0.15, -0.1) is 0 Å². The van der Waals surface area contributed by atoms with Crippen LogP contribution in [-0.2, 0) is 0 Å². The molecule has 0 atom stereocenters. The van der Waals surface area contributed by atoms with Crippen LogP contribution in [0.5, 0.6) is 0 Å². The molecule has 0 spiro atoms. The second-order valence-corrected chi connectivity index (χ2v) is 4.39. The Labute approximate surface area is 106 Å². The molecule has 0 aliphatic heterocycles. The van der Waals surface area contributed by atoms with E-state index in [1.54, 1.807) is 13.0 Å². The third-order valence-corrected chi connectivity index (χ3v) is 2.82. The van der Waals surface area contributed by atoms with E-state index in [1.807, 2.05) is 0 Å². The number of aromatic amines is 1. The molecule has 3 aromatic rings. The van der Waals surface area contributed by atoms with Crippen LogP contribution in [0.15, 0.2) is 30.3 Å². The number of nitrogens with one attached hydrogen (secondary N) is 1. The van der Waals surface area contributed by atoms with Gasteiger partial charge in [-0.25, -0.2) is 18.2 Å². The summed E-state index contributed by atoms with van der Waals surface area (Å²) in [5.74, 6) is -1.52. The van der Waals surface area contributed by atoms with Gasteiger partial charge >= 0.3 is 0 Å². The summed E-state index contributed by atoms with van der Waals surface area (Å²) < 4.78 is 40.0. The number of hydrogen-bond acceptors (Lipinski definition) is 1. The molecule has 1 heterocycles. The molecule has 0 amide bonds. The molecule has 5 heteroatoms. The molecular formula is C14H9F3N2. The number of H-pyrrole nitrogens is 1. The van der Waals surface area contributed by atoms with E-state index in [9.17, 15) is 13.2 Å². The lowest BCUT2D eigenvalue weighted by molar-refractivity contribution is 0.591. The van der Waals surface area contributed by atoms with Gasteiger partial charge in [0.2, 0.25) is 0 Å². The van der Waals surface area contributed by atoms with Crippen LogP contribution in [0.4, 0.5) is 13.2 Å². The predicted octanol–water partition coefficient (Wildman–Crippen LogP) is 3.96. The molecule has 0 aliphatic carbocycles. The van der Waals surface area contributed by atoms with Gasteiger partial charge in [0.25, 0.3) is 0 Å². The van der Waals surface area contributed by atoms with E-state index < -0.39 is 17.5 Å². The van der Waals surface area contributed by atoms with Crippen LogP contribution in [0.2, 0.25) is 0 Å². The summed E-state index contributed by atoms with van der Waals surface area (Å²) >= 11 is 0. The quantitative estimate of drug-likeness (QED) is 0.706. The molecule has 3 rings (SSSR count). The zero-order valence-electron chi connectivity index (χ0n) is 9.97. The SMILES string of the molecule is Cc1cc(F)cc(-c2nc3c(F)cc(F)cc3[nH]2)c1. The summed E-state index contributed by atoms with van der Waals surface area (Å²) in [7, 11) is 0. The molecule has 0 saturated heterocycles. The van der Waals surface area contributed by atoms with Crippen LogP contribution in [0.1, 0.15) is 5.56 Å². The third-order valence-electron chi connectivity index (χ3n) is 2.82. The van der Waals surface area contributed by atoms with Crippen molar-refractivity contribution in [3.63, 3.8) is 0 Å². The fourth-order valence-corrected chi connectivity index (χ4v) is 2.05. The maximum Gasteiger partial charge on any atom is 0.153 e. The van der Waals surface area contributed by atoms with Crippen molar-refractivity contribution in [1.29, 1.82) is 0 Å². The van der Waals surface area contributed by atoms with E-state index in [-0.39, 0.29) is 11.0 Å². The first-order valence-electron chi connectivity index (χ1n) is 5.65. The van der Waals surface area contributed by atoms with Crippen molar-refractivity contribution >= 4 is 11.0 Å². The molecule has 0 bridgehead atoms.